The zero-order valence-electron chi connectivity index (χ0n) is 9.73. The Balaban J connectivity index is 2.82. The summed E-state index contributed by atoms with van der Waals surface area (Å²) in [6.07, 6.45) is 1.01. The van der Waals surface area contributed by atoms with Gasteiger partial charge in [-0.2, -0.15) is 0 Å². The lowest BCUT2D eigenvalue weighted by molar-refractivity contribution is 0.911. The molecule has 1 heterocycles. The first kappa shape index (κ1) is 12.3. The van der Waals surface area contributed by atoms with E-state index in [1.807, 2.05) is 18.2 Å². The van der Waals surface area contributed by atoms with Crippen LogP contribution in [0.2, 0.25) is 0 Å². The molecule has 0 saturated heterocycles. The van der Waals surface area contributed by atoms with Crippen molar-refractivity contribution in [2.75, 3.05) is 12.4 Å². The van der Waals surface area contributed by atoms with Crippen molar-refractivity contribution in [3.63, 3.8) is 0 Å². The van der Waals surface area contributed by atoms with Crippen molar-refractivity contribution < 1.29 is 0 Å². The van der Waals surface area contributed by atoms with Crippen molar-refractivity contribution in [1.82, 2.24) is 9.55 Å². The van der Waals surface area contributed by atoms with E-state index in [1.54, 1.807) is 19.2 Å². The van der Waals surface area contributed by atoms with Gasteiger partial charge in [-0.25, -0.2) is 0 Å². The number of H-pyrrole nitrogens is 1. The highest BCUT2D eigenvalue weighted by Crippen LogP contribution is 2.09. The fourth-order valence-corrected chi connectivity index (χ4v) is 1.98. The molecule has 5 nitrogen and oxygen atoms in total. The van der Waals surface area contributed by atoms with Gasteiger partial charge in [0.2, 0.25) is 0 Å². The molecule has 3 N–H and O–H groups in total. The Hall–Kier alpha value is -2.21. The highest BCUT2D eigenvalue weighted by atomic mass is 32.1. The predicted molar refractivity (Wildman–Crippen MR) is 74.7 cm³/mol. The highest BCUT2D eigenvalue weighted by molar-refractivity contribution is 7.71. The molecule has 0 aliphatic carbocycles. The van der Waals surface area contributed by atoms with Crippen LogP contribution in [0, 0.1) is 10.2 Å². The monoisotopic (exact) mass is 260 g/mol. The molecule has 1 aromatic heterocycles. The predicted octanol–water partition coefficient (Wildman–Crippen LogP) is 1.93. The lowest BCUT2D eigenvalue weighted by atomic mass is 10.3. The molecule has 0 atom stereocenters. The van der Waals surface area contributed by atoms with E-state index in [0.717, 1.165) is 6.21 Å². The third kappa shape index (κ3) is 1.98. The highest BCUT2D eigenvalue weighted by Gasteiger charge is 2.10. The van der Waals surface area contributed by atoms with Gasteiger partial charge in [0, 0.05) is 13.3 Å². The quantitative estimate of drug-likeness (QED) is 0.583. The third-order valence-electron chi connectivity index (χ3n) is 2.55. The van der Waals surface area contributed by atoms with Gasteiger partial charge in [0.1, 0.15) is 5.82 Å². The van der Waals surface area contributed by atoms with Gasteiger partial charge in [-0.15, -0.1) is 0 Å². The molecule has 6 heteroatoms. The molecule has 0 spiro atoms. The van der Waals surface area contributed by atoms with E-state index < -0.39 is 0 Å². The van der Waals surface area contributed by atoms with E-state index in [0.29, 0.717) is 16.3 Å². The molecule has 2 aromatic rings. The van der Waals surface area contributed by atoms with Crippen LogP contribution in [0.3, 0.4) is 0 Å². The Morgan fingerprint density at radius 2 is 2.06 bits per heavy atom. The molecule has 0 aliphatic rings. The van der Waals surface area contributed by atoms with Gasteiger partial charge >= 0.3 is 0 Å². The summed E-state index contributed by atoms with van der Waals surface area (Å²) in [6.45, 7) is 0. The molecule has 0 unspecified atom stereocenters. The Bertz CT molecular complexity index is 687. The molecular weight excluding hydrogens is 248 g/mol. The van der Waals surface area contributed by atoms with Crippen LogP contribution in [0.15, 0.2) is 35.1 Å². The second-order valence-corrected chi connectivity index (χ2v) is 3.98. The molecule has 1 aromatic carbocycles. The van der Waals surface area contributed by atoms with Crippen LogP contribution in [-0.2, 0) is 0 Å². The largest absolute Gasteiger partial charge is 0.374 e. The second-order valence-electron chi connectivity index (χ2n) is 3.59. The SMILES string of the molecule is CNc1[nH]c(=S)n(-c2ccccc2)c(=O)c1C=N. The standard InChI is InChI=1S/C12H12N4OS/c1-14-10-9(7-13)11(17)16(12(18)15-10)8-5-3-2-4-6-8/h2-7,13-14H,1H3,(H,15,18). The maximum Gasteiger partial charge on any atom is 0.269 e. The van der Waals surface area contributed by atoms with Gasteiger partial charge in [0.05, 0.1) is 11.3 Å². The first-order valence-electron chi connectivity index (χ1n) is 5.32. The average molecular weight is 260 g/mol. The number of anilines is 1. The molecule has 0 fully saturated rings. The number of nitrogens with zero attached hydrogens (tertiary/aromatic N) is 1. The fourth-order valence-electron chi connectivity index (χ4n) is 1.69. The number of rotatable bonds is 3. The van der Waals surface area contributed by atoms with Crippen molar-refractivity contribution in [1.29, 1.82) is 5.41 Å². The Morgan fingerprint density at radius 3 is 2.61 bits per heavy atom. The van der Waals surface area contributed by atoms with Crippen molar-refractivity contribution in [3.05, 3.63) is 51.0 Å². The minimum atomic E-state index is -0.315. The minimum Gasteiger partial charge on any atom is -0.374 e. The summed E-state index contributed by atoms with van der Waals surface area (Å²) in [5, 5.41) is 10.1. The minimum absolute atomic E-state index is 0.245. The number of benzene rings is 1. The summed E-state index contributed by atoms with van der Waals surface area (Å²) in [5.74, 6) is 0.451. The van der Waals surface area contributed by atoms with Crippen LogP contribution in [-0.4, -0.2) is 22.8 Å². The maximum absolute atomic E-state index is 12.3. The average Bonchev–Trinajstić information content (AvgIpc) is 2.39. The second kappa shape index (κ2) is 4.97. The molecule has 0 saturated carbocycles. The van der Waals surface area contributed by atoms with Crippen molar-refractivity contribution in [2.24, 2.45) is 0 Å². The summed E-state index contributed by atoms with van der Waals surface area (Å²) in [7, 11) is 1.67. The summed E-state index contributed by atoms with van der Waals surface area (Å²) in [6, 6.07) is 9.09. The Morgan fingerprint density at radius 1 is 1.39 bits per heavy atom. The molecule has 0 bridgehead atoms. The van der Waals surface area contributed by atoms with Crippen LogP contribution >= 0.6 is 12.2 Å². The number of nitrogens with one attached hydrogen (secondary N) is 3. The molecule has 2 rings (SSSR count). The molecule has 92 valence electrons. The van der Waals surface area contributed by atoms with Crippen molar-refractivity contribution >= 4 is 24.3 Å². The van der Waals surface area contributed by atoms with Crippen LogP contribution in [0.25, 0.3) is 5.69 Å². The maximum atomic E-state index is 12.3. The third-order valence-corrected chi connectivity index (χ3v) is 2.83. The number of para-hydroxylation sites is 1. The summed E-state index contributed by atoms with van der Waals surface area (Å²) in [5.41, 5.74) is 0.605. The van der Waals surface area contributed by atoms with E-state index in [1.165, 1.54) is 4.57 Å². The molecule has 0 aliphatic heterocycles. The number of aromatic amines is 1. The zero-order chi connectivity index (χ0) is 13.1. The van der Waals surface area contributed by atoms with Gasteiger partial charge in [0.25, 0.3) is 5.56 Å². The van der Waals surface area contributed by atoms with E-state index >= 15 is 0 Å². The van der Waals surface area contributed by atoms with Gasteiger partial charge in [-0.3, -0.25) is 9.36 Å². The number of hydrogen-bond donors (Lipinski definition) is 3. The molecule has 0 radical (unpaired) electrons. The Labute approximate surface area is 109 Å². The molecule has 18 heavy (non-hydrogen) atoms. The van der Waals surface area contributed by atoms with Crippen LogP contribution < -0.4 is 10.9 Å². The lowest BCUT2D eigenvalue weighted by Gasteiger charge is -2.10. The molecule has 0 amide bonds. The van der Waals surface area contributed by atoms with Gasteiger partial charge in [-0.05, 0) is 24.4 Å². The summed E-state index contributed by atoms with van der Waals surface area (Å²) >= 11 is 5.18. The van der Waals surface area contributed by atoms with Crippen LogP contribution in [0.5, 0.6) is 0 Å². The lowest BCUT2D eigenvalue weighted by Crippen LogP contribution is -2.25. The van der Waals surface area contributed by atoms with Crippen LogP contribution in [0.4, 0.5) is 5.82 Å². The normalized spacial score (nSPS) is 10.1. The van der Waals surface area contributed by atoms with Gasteiger partial charge < -0.3 is 15.7 Å². The van der Waals surface area contributed by atoms with E-state index in [4.69, 9.17) is 17.6 Å². The zero-order valence-corrected chi connectivity index (χ0v) is 10.5. The van der Waals surface area contributed by atoms with E-state index in [-0.39, 0.29) is 11.1 Å². The fraction of sp³-hybridized carbons (Fsp3) is 0.0833. The van der Waals surface area contributed by atoms with Gasteiger partial charge in [-0.1, -0.05) is 18.2 Å². The van der Waals surface area contributed by atoms with E-state index in [9.17, 15) is 4.79 Å². The van der Waals surface area contributed by atoms with Gasteiger partial charge in [0.15, 0.2) is 4.77 Å². The molecular formula is C12H12N4OS. The Kier molecular flexibility index (Phi) is 3.38. The van der Waals surface area contributed by atoms with Crippen LogP contribution in [0.1, 0.15) is 5.56 Å². The van der Waals surface area contributed by atoms with E-state index in [2.05, 4.69) is 10.3 Å². The topological polar surface area (TPSA) is 73.7 Å². The first-order chi connectivity index (χ1) is 8.69. The van der Waals surface area contributed by atoms with Crippen molar-refractivity contribution in [3.8, 4) is 5.69 Å². The number of aromatic nitrogens is 2. The van der Waals surface area contributed by atoms with Crippen molar-refractivity contribution in [2.45, 2.75) is 0 Å². The smallest absolute Gasteiger partial charge is 0.269 e. The first-order valence-corrected chi connectivity index (χ1v) is 5.73. The summed E-state index contributed by atoms with van der Waals surface area (Å²) in [4.78, 5) is 15.2. The number of hydrogen-bond acceptors (Lipinski definition) is 4. The summed E-state index contributed by atoms with van der Waals surface area (Å²) < 4.78 is 1.66.